The molecular formula is C55H104. The maximum Gasteiger partial charge on any atom is -0.0279 e. The molecule has 0 spiro atoms. The largest absolute Gasteiger partial charge is 0.0654 e. The van der Waals surface area contributed by atoms with E-state index in [0.717, 1.165) is 0 Å². The van der Waals surface area contributed by atoms with Crippen LogP contribution in [0.15, 0.2) is 18.2 Å². The zero-order valence-corrected chi connectivity index (χ0v) is 38.8. The van der Waals surface area contributed by atoms with Gasteiger partial charge in [0, 0.05) is 0 Å². The van der Waals surface area contributed by atoms with Gasteiger partial charge in [-0.25, -0.2) is 0 Å². The van der Waals surface area contributed by atoms with Crippen LogP contribution < -0.4 is 0 Å². The molecule has 324 valence electrons. The lowest BCUT2D eigenvalue weighted by Crippen LogP contribution is -1.93. The molecule has 0 bridgehead atoms. The van der Waals surface area contributed by atoms with Crippen LogP contribution in [0, 0.1) is 6.92 Å². The summed E-state index contributed by atoms with van der Waals surface area (Å²) in [5, 5.41) is 0. The van der Waals surface area contributed by atoms with Crippen LogP contribution in [0.25, 0.3) is 0 Å². The van der Waals surface area contributed by atoms with Gasteiger partial charge in [-0.3, -0.25) is 0 Å². The molecule has 1 aromatic carbocycles. The van der Waals surface area contributed by atoms with Gasteiger partial charge in [0.05, 0.1) is 0 Å². The molecule has 0 aromatic heterocycles. The molecule has 0 atom stereocenters. The Kier molecular flexibility index (Phi) is 42.1. The summed E-state index contributed by atoms with van der Waals surface area (Å²) in [6, 6.07) is 7.46. The van der Waals surface area contributed by atoms with Crippen molar-refractivity contribution in [2.24, 2.45) is 0 Å². The number of benzene rings is 1. The molecule has 0 aliphatic heterocycles. The summed E-state index contributed by atoms with van der Waals surface area (Å²) in [6.45, 7) is 6.93. The number of unbranched alkanes of at least 4 members (excludes halogenated alkanes) is 42. The molecule has 1 aromatic rings. The quantitative estimate of drug-likeness (QED) is 0.0580. The fourth-order valence-electron chi connectivity index (χ4n) is 9.11. The molecule has 1 rings (SSSR count). The van der Waals surface area contributed by atoms with Gasteiger partial charge in [0.25, 0.3) is 0 Å². The number of hydrogen-bond acceptors (Lipinski definition) is 0. The van der Waals surface area contributed by atoms with Gasteiger partial charge in [-0.05, 0) is 43.7 Å². The monoisotopic (exact) mass is 765 g/mol. The van der Waals surface area contributed by atoms with E-state index in [2.05, 4.69) is 39.0 Å². The van der Waals surface area contributed by atoms with E-state index in [4.69, 9.17) is 0 Å². The minimum atomic E-state index is 1.28. The van der Waals surface area contributed by atoms with Crippen molar-refractivity contribution in [3.8, 4) is 0 Å². The van der Waals surface area contributed by atoms with Crippen LogP contribution in [0.5, 0.6) is 0 Å². The molecule has 0 aliphatic carbocycles. The van der Waals surface area contributed by atoms with Gasteiger partial charge < -0.3 is 0 Å². The van der Waals surface area contributed by atoms with Crippen LogP contribution in [-0.2, 0) is 12.8 Å². The van der Waals surface area contributed by atoms with Gasteiger partial charge in [-0.15, -0.1) is 0 Å². The highest BCUT2D eigenvalue weighted by Crippen LogP contribution is 2.20. The first kappa shape index (κ1) is 52.2. The highest BCUT2D eigenvalue weighted by molar-refractivity contribution is 5.29. The van der Waals surface area contributed by atoms with Gasteiger partial charge in [-0.2, -0.15) is 0 Å². The van der Waals surface area contributed by atoms with Crippen molar-refractivity contribution < 1.29 is 0 Å². The molecule has 0 radical (unpaired) electrons. The standard InChI is InChI=1S/C55H104/c1-4-6-8-10-12-14-16-18-20-22-24-26-28-30-32-34-36-38-40-42-44-46-48-54-50-53(3)51-55(52-54)49-47-45-43-41-39-37-35-33-31-29-27-25-23-21-19-17-15-13-11-9-7-5-2/h50-52H,4-49H2,1-3H3. The molecule has 0 heteroatoms. The Bertz CT molecular complexity index is 785. The van der Waals surface area contributed by atoms with Crippen molar-refractivity contribution in [1.29, 1.82) is 0 Å². The van der Waals surface area contributed by atoms with E-state index < -0.39 is 0 Å². The van der Waals surface area contributed by atoms with E-state index in [1.54, 1.807) is 11.1 Å². The second-order valence-corrected chi connectivity index (χ2v) is 18.7. The fourth-order valence-corrected chi connectivity index (χ4v) is 9.11. The molecule has 55 heavy (non-hydrogen) atoms. The molecule has 0 heterocycles. The second kappa shape index (κ2) is 44.3. The third-order valence-electron chi connectivity index (χ3n) is 12.8. The van der Waals surface area contributed by atoms with Crippen molar-refractivity contribution >= 4 is 0 Å². The van der Waals surface area contributed by atoms with Crippen molar-refractivity contribution in [3.05, 3.63) is 34.9 Å². The van der Waals surface area contributed by atoms with Crippen molar-refractivity contribution in [1.82, 2.24) is 0 Å². The molecular weight excluding hydrogens is 661 g/mol. The smallest absolute Gasteiger partial charge is 0.0279 e. The molecule has 0 aliphatic rings. The van der Waals surface area contributed by atoms with Crippen LogP contribution in [-0.4, -0.2) is 0 Å². The minimum Gasteiger partial charge on any atom is -0.0654 e. The maximum absolute atomic E-state index is 2.54. The summed E-state index contributed by atoms with van der Waals surface area (Å²) in [5.74, 6) is 0. The predicted octanol–water partition coefficient (Wildman–Crippen LogP) is 20.3. The molecule has 0 fully saturated rings. The van der Waals surface area contributed by atoms with Gasteiger partial charge in [0.2, 0.25) is 0 Å². The topological polar surface area (TPSA) is 0 Å². The van der Waals surface area contributed by atoms with Gasteiger partial charge >= 0.3 is 0 Å². The Hall–Kier alpha value is -0.780. The van der Waals surface area contributed by atoms with Crippen LogP contribution in [0.2, 0.25) is 0 Å². The van der Waals surface area contributed by atoms with E-state index in [-0.39, 0.29) is 0 Å². The molecule has 0 N–H and O–H groups in total. The van der Waals surface area contributed by atoms with Gasteiger partial charge in [-0.1, -0.05) is 307 Å². The highest BCUT2D eigenvalue weighted by Gasteiger charge is 2.02. The van der Waals surface area contributed by atoms with E-state index >= 15 is 0 Å². The first-order valence-corrected chi connectivity index (χ1v) is 26.4. The molecule has 0 amide bonds. The zero-order chi connectivity index (χ0) is 39.4. The molecule has 0 unspecified atom stereocenters. The summed E-state index contributed by atoms with van der Waals surface area (Å²) in [5.41, 5.74) is 4.68. The van der Waals surface area contributed by atoms with E-state index in [1.165, 1.54) is 301 Å². The summed E-state index contributed by atoms with van der Waals surface area (Å²) in [4.78, 5) is 0. The molecule has 0 saturated carbocycles. The van der Waals surface area contributed by atoms with Crippen LogP contribution in [0.3, 0.4) is 0 Å². The summed E-state index contributed by atoms with van der Waals surface area (Å²) in [7, 11) is 0. The van der Waals surface area contributed by atoms with Crippen LogP contribution in [0.1, 0.15) is 313 Å². The number of hydrogen-bond donors (Lipinski definition) is 0. The Balaban J connectivity index is 1.83. The van der Waals surface area contributed by atoms with Gasteiger partial charge in [0.15, 0.2) is 0 Å². The SMILES string of the molecule is CCCCCCCCCCCCCCCCCCCCCCCCc1cc(C)cc(CCCCCCCCCCCCCCCCCCCCCCCC)c1. The van der Waals surface area contributed by atoms with Crippen LogP contribution >= 0.6 is 0 Å². The first-order chi connectivity index (χ1) is 27.3. The third kappa shape index (κ3) is 39.8. The zero-order valence-electron chi connectivity index (χ0n) is 38.8. The normalized spacial score (nSPS) is 11.6. The fraction of sp³-hybridized carbons (Fsp3) is 0.891. The molecule has 0 nitrogen and oxygen atoms in total. The lowest BCUT2D eigenvalue weighted by Gasteiger charge is -2.09. The summed E-state index contributed by atoms with van der Waals surface area (Å²) < 4.78 is 0. The van der Waals surface area contributed by atoms with Crippen LogP contribution in [0.4, 0.5) is 0 Å². The van der Waals surface area contributed by atoms with E-state index in [1.807, 2.05) is 0 Å². The molecule has 0 saturated heterocycles. The van der Waals surface area contributed by atoms with Gasteiger partial charge in [0.1, 0.15) is 0 Å². The summed E-state index contributed by atoms with van der Waals surface area (Å²) in [6.07, 6.45) is 66.9. The predicted molar refractivity (Wildman–Crippen MR) is 253 cm³/mol. The van der Waals surface area contributed by atoms with Crippen molar-refractivity contribution in [3.63, 3.8) is 0 Å². The highest BCUT2D eigenvalue weighted by atomic mass is 14.1. The Labute approximate surface area is 349 Å². The lowest BCUT2D eigenvalue weighted by atomic mass is 9.97. The average molecular weight is 765 g/mol. The number of rotatable bonds is 46. The number of aryl methyl sites for hydroxylation is 3. The Morgan fingerprint density at radius 3 is 0.564 bits per heavy atom. The first-order valence-electron chi connectivity index (χ1n) is 26.4. The third-order valence-corrected chi connectivity index (χ3v) is 12.8. The van der Waals surface area contributed by atoms with Crippen molar-refractivity contribution in [2.75, 3.05) is 0 Å². The van der Waals surface area contributed by atoms with Crippen molar-refractivity contribution in [2.45, 2.75) is 316 Å². The van der Waals surface area contributed by atoms with E-state index in [0.29, 0.717) is 0 Å². The average Bonchev–Trinajstić information content (AvgIpc) is 3.18. The lowest BCUT2D eigenvalue weighted by molar-refractivity contribution is 0.519. The second-order valence-electron chi connectivity index (χ2n) is 18.7. The Morgan fingerprint density at radius 2 is 0.382 bits per heavy atom. The maximum atomic E-state index is 2.54. The Morgan fingerprint density at radius 1 is 0.218 bits per heavy atom. The summed E-state index contributed by atoms with van der Waals surface area (Å²) >= 11 is 0. The van der Waals surface area contributed by atoms with E-state index in [9.17, 15) is 0 Å². The minimum absolute atomic E-state index is 1.28.